The molecule has 1 saturated heterocycles. The third-order valence-corrected chi connectivity index (χ3v) is 4.09. The number of aromatic nitrogens is 2. The van der Waals surface area contributed by atoms with E-state index in [-0.39, 0.29) is 11.9 Å². The Morgan fingerprint density at radius 2 is 2.05 bits per heavy atom. The summed E-state index contributed by atoms with van der Waals surface area (Å²) in [6.45, 7) is 4.37. The van der Waals surface area contributed by atoms with Crippen LogP contribution >= 0.6 is 0 Å². The Kier molecular flexibility index (Phi) is 3.75. The molecule has 0 bridgehead atoms. The molecule has 1 unspecified atom stereocenters. The number of rotatable bonds is 2. The van der Waals surface area contributed by atoms with Gasteiger partial charge in [0.15, 0.2) is 0 Å². The fourth-order valence-electron chi connectivity index (χ4n) is 2.84. The third-order valence-electron chi connectivity index (χ3n) is 4.09. The molecule has 1 aromatic heterocycles. The van der Waals surface area contributed by atoms with Crippen molar-refractivity contribution >= 4 is 5.91 Å². The van der Waals surface area contributed by atoms with E-state index in [1.54, 1.807) is 6.20 Å². The molecule has 1 atom stereocenters. The van der Waals surface area contributed by atoms with Gasteiger partial charge in [-0.2, -0.15) is 5.10 Å². The van der Waals surface area contributed by atoms with Crippen LogP contribution in [0.25, 0.3) is 0 Å². The number of aryl methyl sites for hydroxylation is 1. The van der Waals surface area contributed by atoms with E-state index in [0.717, 1.165) is 25.3 Å². The van der Waals surface area contributed by atoms with Crippen molar-refractivity contribution in [3.05, 3.63) is 53.3 Å². The Labute approximate surface area is 124 Å². The number of nitrogens with zero attached hydrogens (tertiary/aromatic N) is 3. The van der Waals surface area contributed by atoms with Gasteiger partial charge >= 0.3 is 0 Å². The number of hydrogen-bond donors (Lipinski definition) is 1. The predicted molar refractivity (Wildman–Crippen MR) is 81.0 cm³/mol. The molecule has 1 amide bonds. The van der Waals surface area contributed by atoms with Crippen LogP contribution in [0.15, 0.2) is 36.5 Å². The number of hydrogen-bond acceptors (Lipinski definition) is 3. The largest absolute Gasteiger partial charge is 0.329 e. The molecule has 1 aliphatic heterocycles. The number of nitrogens with one attached hydrogen (secondary N) is 1. The normalized spacial score (nSPS) is 19.7. The molecular weight excluding hydrogens is 264 g/mol. The van der Waals surface area contributed by atoms with Crippen LogP contribution in [0.1, 0.15) is 27.7 Å². The summed E-state index contributed by atoms with van der Waals surface area (Å²) in [5.74, 6) is 0.0585. The fourth-order valence-corrected chi connectivity index (χ4v) is 2.84. The summed E-state index contributed by atoms with van der Waals surface area (Å²) < 4.78 is 0. The highest BCUT2D eigenvalue weighted by molar-refractivity contribution is 5.95. The Morgan fingerprint density at radius 3 is 2.71 bits per heavy atom. The van der Waals surface area contributed by atoms with Crippen LogP contribution in [-0.2, 0) is 0 Å². The van der Waals surface area contributed by atoms with Crippen LogP contribution in [0, 0.1) is 6.92 Å². The van der Waals surface area contributed by atoms with Gasteiger partial charge in [-0.3, -0.25) is 9.89 Å². The molecule has 1 aliphatic rings. The van der Waals surface area contributed by atoms with E-state index in [0.29, 0.717) is 5.56 Å². The quantitative estimate of drug-likeness (QED) is 0.915. The standard InChI is InChI=1S/C16H20N4O/c1-12-14(10-17-18-12)16(21)20-9-8-19(2)11-15(20)13-6-4-3-5-7-13/h3-7,10,15H,8-9,11H2,1-2H3,(H,17,18). The first-order valence-electron chi connectivity index (χ1n) is 7.21. The lowest BCUT2D eigenvalue weighted by Crippen LogP contribution is -2.49. The number of amides is 1. The maximum absolute atomic E-state index is 12.8. The average Bonchev–Trinajstić information content (AvgIpc) is 2.93. The molecule has 0 radical (unpaired) electrons. The van der Waals surface area contributed by atoms with E-state index in [9.17, 15) is 4.79 Å². The van der Waals surface area contributed by atoms with Crippen molar-refractivity contribution in [3.63, 3.8) is 0 Å². The number of aromatic amines is 1. The molecule has 1 aromatic carbocycles. The van der Waals surface area contributed by atoms with E-state index in [1.165, 1.54) is 5.56 Å². The molecule has 2 aromatic rings. The number of carbonyl (C=O) groups excluding carboxylic acids is 1. The maximum atomic E-state index is 12.8. The number of benzene rings is 1. The number of piperazine rings is 1. The molecular formula is C16H20N4O. The maximum Gasteiger partial charge on any atom is 0.257 e. The van der Waals surface area contributed by atoms with Gasteiger partial charge in [0, 0.05) is 25.3 Å². The van der Waals surface area contributed by atoms with Crippen LogP contribution in [0.4, 0.5) is 0 Å². The van der Waals surface area contributed by atoms with Gasteiger partial charge in [0.25, 0.3) is 5.91 Å². The SMILES string of the molecule is Cc1[nH]ncc1C(=O)N1CCN(C)CC1c1ccccc1. The first kappa shape index (κ1) is 13.8. The van der Waals surface area contributed by atoms with Gasteiger partial charge in [-0.25, -0.2) is 0 Å². The number of H-pyrrole nitrogens is 1. The van der Waals surface area contributed by atoms with E-state index in [4.69, 9.17) is 0 Å². The number of likely N-dealkylation sites (N-methyl/N-ethyl adjacent to an activating group) is 1. The summed E-state index contributed by atoms with van der Waals surface area (Å²) in [5.41, 5.74) is 2.67. The average molecular weight is 284 g/mol. The molecule has 0 aliphatic carbocycles. The second kappa shape index (κ2) is 5.69. The Balaban J connectivity index is 1.91. The van der Waals surface area contributed by atoms with E-state index in [1.807, 2.05) is 30.0 Å². The molecule has 2 heterocycles. The molecule has 110 valence electrons. The highest BCUT2D eigenvalue weighted by Crippen LogP contribution is 2.26. The van der Waals surface area contributed by atoms with Crippen LogP contribution in [0.5, 0.6) is 0 Å². The minimum atomic E-state index is 0.0585. The zero-order valence-electron chi connectivity index (χ0n) is 12.4. The lowest BCUT2D eigenvalue weighted by molar-refractivity contribution is 0.0497. The van der Waals surface area contributed by atoms with Crippen molar-refractivity contribution in [1.82, 2.24) is 20.0 Å². The molecule has 21 heavy (non-hydrogen) atoms. The summed E-state index contributed by atoms with van der Waals surface area (Å²) >= 11 is 0. The van der Waals surface area contributed by atoms with Crippen molar-refractivity contribution < 1.29 is 4.79 Å². The lowest BCUT2D eigenvalue weighted by Gasteiger charge is -2.40. The summed E-state index contributed by atoms with van der Waals surface area (Å²) in [4.78, 5) is 17.1. The van der Waals surface area contributed by atoms with Gasteiger partial charge in [-0.15, -0.1) is 0 Å². The molecule has 1 N–H and O–H groups in total. The highest BCUT2D eigenvalue weighted by Gasteiger charge is 2.31. The summed E-state index contributed by atoms with van der Waals surface area (Å²) in [5, 5.41) is 6.81. The minimum absolute atomic E-state index is 0.0585. The van der Waals surface area contributed by atoms with Crippen molar-refractivity contribution in [2.75, 3.05) is 26.7 Å². The minimum Gasteiger partial charge on any atom is -0.329 e. The first-order valence-corrected chi connectivity index (χ1v) is 7.21. The molecule has 1 fully saturated rings. The number of carbonyl (C=O) groups is 1. The molecule has 3 rings (SSSR count). The summed E-state index contributed by atoms with van der Waals surface area (Å²) in [6, 6.07) is 10.3. The van der Waals surface area contributed by atoms with Gasteiger partial charge in [0.2, 0.25) is 0 Å². The second-order valence-electron chi connectivity index (χ2n) is 5.60. The van der Waals surface area contributed by atoms with E-state index >= 15 is 0 Å². The smallest absolute Gasteiger partial charge is 0.257 e. The Hall–Kier alpha value is -2.14. The van der Waals surface area contributed by atoms with Crippen molar-refractivity contribution in [2.24, 2.45) is 0 Å². The van der Waals surface area contributed by atoms with Crippen LogP contribution in [0.3, 0.4) is 0 Å². The molecule has 5 heteroatoms. The third kappa shape index (κ3) is 2.69. The topological polar surface area (TPSA) is 52.2 Å². The zero-order valence-corrected chi connectivity index (χ0v) is 12.4. The Bertz CT molecular complexity index is 622. The van der Waals surface area contributed by atoms with Crippen LogP contribution in [0.2, 0.25) is 0 Å². The van der Waals surface area contributed by atoms with Gasteiger partial charge in [-0.05, 0) is 19.5 Å². The van der Waals surface area contributed by atoms with Crippen molar-refractivity contribution in [2.45, 2.75) is 13.0 Å². The van der Waals surface area contributed by atoms with E-state index in [2.05, 4.69) is 34.3 Å². The fraction of sp³-hybridized carbons (Fsp3) is 0.375. The Morgan fingerprint density at radius 1 is 1.29 bits per heavy atom. The van der Waals surface area contributed by atoms with E-state index < -0.39 is 0 Å². The van der Waals surface area contributed by atoms with Gasteiger partial charge in [0.1, 0.15) is 0 Å². The molecule has 5 nitrogen and oxygen atoms in total. The first-order chi connectivity index (χ1) is 10.2. The lowest BCUT2D eigenvalue weighted by atomic mass is 10.0. The predicted octanol–water partition coefficient (Wildman–Crippen LogP) is 1.85. The monoisotopic (exact) mass is 284 g/mol. The highest BCUT2D eigenvalue weighted by atomic mass is 16.2. The zero-order chi connectivity index (χ0) is 14.8. The summed E-state index contributed by atoms with van der Waals surface area (Å²) in [7, 11) is 2.10. The van der Waals surface area contributed by atoms with Crippen molar-refractivity contribution in [1.29, 1.82) is 0 Å². The molecule has 0 saturated carbocycles. The second-order valence-corrected chi connectivity index (χ2v) is 5.60. The van der Waals surface area contributed by atoms with Crippen LogP contribution < -0.4 is 0 Å². The van der Waals surface area contributed by atoms with Crippen molar-refractivity contribution in [3.8, 4) is 0 Å². The summed E-state index contributed by atoms with van der Waals surface area (Å²) in [6.07, 6.45) is 1.62. The van der Waals surface area contributed by atoms with Gasteiger partial charge in [-0.1, -0.05) is 30.3 Å². The van der Waals surface area contributed by atoms with Gasteiger partial charge < -0.3 is 9.80 Å². The van der Waals surface area contributed by atoms with Crippen LogP contribution in [-0.4, -0.2) is 52.6 Å². The molecule has 0 spiro atoms. The van der Waals surface area contributed by atoms with Gasteiger partial charge in [0.05, 0.1) is 17.8 Å².